The topological polar surface area (TPSA) is 114 Å². The summed E-state index contributed by atoms with van der Waals surface area (Å²) in [6, 6.07) is 16.0. The molecule has 0 aliphatic heterocycles. The summed E-state index contributed by atoms with van der Waals surface area (Å²) >= 11 is 0. The maximum Gasteiger partial charge on any atom is 0.273 e. The fourth-order valence-corrected chi connectivity index (χ4v) is 3.11. The Kier molecular flexibility index (Phi) is 7.80. The largest absolute Gasteiger partial charge is 0.489 e. The number of amides is 3. The van der Waals surface area contributed by atoms with E-state index in [0.29, 0.717) is 35.7 Å². The zero-order chi connectivity index (χ0) is 23.8. The number of nitrogens with zero attached hydrogens (tertiary/aromatic N) is 2. The number of rotatable bonds is 10. The summed E-state index contributed by atoms with van der Waals surface area (Å²) in [5, 5.41) is 9.34. The third-order valence-corrected chi connectivity index (χ3v) is 4.70. The van der Waals surface area contributed by atoms with E-state index < -0.39 is 0 Å². The van der Waals surface area contributed by atoms with Crippen LogP contribution in [0.15, 0.2) is 59.1 Å². The van der Waals surface area contributed by atoms with Crippen molar-refractivity contribution in [3.63, 3.8) is 0 Å². The number of carbonyl (C=O) groups excluding carboxylic acids is 3. The molecular weight excluding hydrogens is 424 g/mol. The molecule has 0 saturated heterocycles. The van der Waals surface area contributed by atoms with Gasteiger partial charge >= 0.3 is 0 Å². The van der Waals surface area contributed by atoms with E-state index in [1.807, 2.05) is 30.3 Å². The second kappa shape index (κ2) is 10.9. The van der Waals surface area contributed by atoms with E-state index in [2.05, 4.69) is 15.8 Å². The molecule has 0 aliphatic carbocycles. The average molecular weight is 450 g/mol. The maximum atomic E-state index is 12.5. The molecule has 0 saturated carbocycles. The van der Waals surface area contributed by atoms with Crippen LogP contribution in [-0.2, 0) is 16.0 Å². The van der Waals surface area contributed by atoms with Crippen LogP contribution in [0.1, 0.15) is 35.7 Å². The molecule has 0 fully saturated rings. The monoisotopic (exact) mass is 450 g/mol. The molecular formula is C24H26N4O5. The number of benzene rings is 2. The van der Waals surface area contributed by atoms with Gasteiger partial charge in [0.2, 0.25) is 12.3 Å². The standard InChI is InChI=1S/C24H26N4O5/c1-16(14-32-23-10-9-19(26-17(2)30)12-22(23)28(3)15-29)25-24(31)21-13-20(33-27-21)11-18-7-5-4-6-8-18/h4-10,12-13,15-16H,11,14H2,1-3H3,(H,25,31)(H,26,30)/t16-/m1/s1. The van der Waals surface area contributed by atoms with Gasteiger partial charge in [0.25, 0.3) is 5.91 Å². The molecule has 2 aromatic carbocycles. The van der Waals surface area contributed by atoms with Gasteiger partial charge in [0, 0.05) is 32.1 Å². The molecule has 9 heteroatoms. The quantitative estimate of drug-likeness (QED) is 0.459. The van der Waals surface area contributed by atoms with Gasteiger partial charge in [0.05, 0.1) is 11.7 Å². The number of nitrogens with one attached hydrogen (secondary N) is 2. The Balaban J connectivity index is 1.58. The summed E-state index contributed by atoms with van der Waals surface area (Å²) in [5.74, 6) is 0.433. The SMILES string of the molecule is CC(=O)Nc1ccc(OC[C@@H](C)NC(=O)c2cc(Cc3ccccc3)on2)c(N(C)C=O)c1. The Morgan fingerprint density at radius 2 is 1.94 bits per heavy atom. The number of hydrogen-bond donors (Lipinski definition) is 2. The van der Waals surface area contributed by atoms with Crippen molar-refractivity contribution in [3.05, 3.63) is 71.6 Å². The van der Waals surface area contributed by atoms with E-state index in [0.717, 1.165) is 5.56 Å². The summed E-state index contributed by atoms with van der Waals surface area (Å²) in [5.41, 5.74) is 2.27. The highest BCUT2D eigenvalue weighted by molar-refractivity contribution is 5.92. The highest BCUT2D eigenvalue weighted by Crippen LogP contribution is 2.30. The van der Waals surface area contributed by atoms with E-state index >= 15 is 0 Å². The van der Waals surface area contributed by atoms with Crippen molar-refractivity contribution in [1.29, 1.82) is 0 Å². The molecule has 1 aromatic heterocycles. The van der Waals surface area contributed by atoms with Gasteiger partial charge in [0.1, 0.15) is 18.1 Å². The van der Waals surface area contributed by atoms with Crippen molar-refractivity contribution in [2.75, 3.05) is 23.9 Å². The van der Waals surface area contributed by atoms with Crippen molar-refractivity contribution in [2.45, 2.75) is 26.3 Å². The van der Waals surface area contributed by atoms with Crippen molar-refractivity contribution in [3.8, 4) is 5.75 Å². The predicted octanol–water partition coefficient (Wildman–Crippen LogP) is 3.01. The molecule has 0 unspecified atom stereocenters. The van der Waals surface area contributed by atoms with Crippen LogP contribution < -0.4 is 20.3 Å². The van der Waals surface area contributed by atoms with E-state index in [4.69, 9.17) is 9.26 Å². The third kappa shape index (κ3) is 6.67. The van der Waals surface area contributed by atoms with Crippen molar-refractivity contribution in [1.82, 2.24) is 10.5 Å². The van der Waals surface area contributed by atoms with E-state index in [-0.39, 0.29) is 30.2 Å². The van der Waals surface area contributed by atoms with Crippen molar-refractivity contribution in [2.24, 2.45) is 0 Å². The fraction of sp³-hybridized carbons (Fsp3) is 0.250. The number of aromatic nitrogens is 1. The first kappa shape index (κ1) is 23.5. The molecule has 0 spiro atoms. The lowest BCUT2D eigenvalue weighted by Crippen LogP contribution is -2.37. The summed E-state index contributed by atoms with van der Waals surface area (Å²) < 4.78 is 11.1. The summed E-state index contributed by atoms with van der Waals surface area (Å²) in [7, 11) is 1.58. The van der Waals surface area contributed by atoms with Gasteiger partial charge in [-0.2, -0.15) is 0 Å². The molecule has 0 bridgehead atoms. The second-order valence-electron chi connectivity index (χ2n) is 7.61. The zero-order valence-corrected chi connectivity index (χ0v) is 18.7. The van der Waals surface area contributed by atoms with Crippen LogP contribution in [0.5, 0.6) is 5.75 Å². The fourth-order valence-electron chi connectivity index (χ4n) is 3.11. The van der Waals surface area contributed by atoms with Gasteiger partial charge < -0.3 is 24.8 Å². The minimum atomic E-state index is -0.375. The van der Waals surface area contributed by atoms with E-state index in [9.17, 15) is 14.4 Å². The van der Waals surface area contributed by atoms with Crippen molar-refractivity contribution >= 4 is 29.6 Å². The summed E-state index contributed by atoms with van der Waals surface area (Å²) in [6.07, 6.45) is 1.18. The van der Waals surface area contributed by atoms with Crippen LogP contribution in [0.4, 0.5) is 11.4 Å². The van der Waals surface area contributed by atoms with Crippen LogP contribution in [0, 0.1) is 0 Å². The van der Waals surface area contributed by atoms with E-state index in [1.54, 1.807) is 38.2 Å². The van der Waals surface area contributed by atoms with Crippen LogP contribution in [0.2, 0.25) is 0 Å². The molecule has 0 radical (unpaired) electrons. The second-order valence-corrected chi connectivity index (χ2v) is 7.61. The Morgan fingerprint density at radius 3 is 2.64 bits per heavy atom. The van der Waals surface area contributed by atoms with Gasteiger partial charge in [-0.15, -0.1) is 0 Å². The predicted molar refractivity (Wildman–Crippen MR) is 123 cm³/mol. The molecule has 1 atom stereocenters. The molecule has 33 heavy (non-hydrogen) atoms. The molecule has 3 rings (SSSR count). The Bertz CT molecular complexity index is 1110. The molecule has 3 amide bonds. The van der Waals surface area contributed by atoms with Gasteiger partial charge in [-0.1, -0.05) is 35.5 Å². The Morgan fingerprint density at radius 1 is 1.18 bits per heavy atom. The summed E-state index contributed by atoms with van der Waals surface area (Å²) in [6.45, 7) is 3.34. The van der Waals surface area contributed by atoms with Crippen LogP contribution in [-0.4, -0.2) is 43.1 Å². The third-order valence-electron chi connectivity index (χ3n) is 4.70. The number of anilines is 2. The number of hydrogen-bond acceptors (Lipinski definition) is 6. The Hall–Kier alpha value is -4.14. The molecule has 9 nitrogen and oxygen atoms in total. The average Bonchev–Trinajstić information content (AvgIpc) is 3.26. The first-order valence-electron chi connectivity index (χ1n) is 10.4. The van der Waals surface area contributed by atoms with Crippen LogP contribution in [0.25, 0.3) is 0 Å². The minimum Gasteiger partial charge on any atom is -0.489 e. The van der Waals surface area contributed by atoms with Crippen LogP contribution in [0.3, 0.4) is 0 Å². The Labute approximate surface area is 191 Å². The molecule has 1 heterocycles. The minimum absolute atomic E-state index is 0.152. The molecule has 172 valence electrons. The lowest BCUT2D eigenvalue weighted by atomic mass is 10.1. The zero-order valence-electron chi connectivity index (χ0n) is 18.7. The number of ether oxygens (including phenoxy) is 1. The lowest BCUT2D eigenvalue weighted by molar-refractivity contribution is -0.114. The van der Waals surface area contributed by atoms with Gasteiger partial charge in [-0.05, 0) is 30.7 Å². The van der Waals surface area contributed by atoms with E-state index in [1.165, 1.54) is 11.8 Å². The molecule has 2 N–H and O–H groups in total. The van der Waals surface area contributed by atoms with Gasteiger partial charge in [-0.3, -0.25) is 14.4 Å². The van der Waals surface area contributed by atoms with Gasteiger partial charge in [-0.25, -0.2) is 0 Å². The van der Waals surface area contributed by atoms with Crippen molar-refractivity contribution < 1.29 is 23.6 Å². The normalized spacial score (nSPS) is 11.4. The van der Waals surface area contributed by atoms with Gasteiger partial charge in [0.15, 0.2) is 5.69 Å². The number of carbonyl (C=O) groups is 3. The first-order valence-corrected chi connectivity index (χ1v) is 10.4. The maximum absolute atomic E-state index is 12.5. The highest BCUT2D eigenvalue weighted by atomic mass is 16.5. The summed E-state index contributed by atoms with van der Waals surface area (Å²) in [4.78, 5) is 36.4. The first-order chi connectivity index (χ1) is 15.9. The molecule has 3 aromatic rings. The lowest BCUT2D eigenvalue weighted by Gasteiger charge is -2.20. The van der Waals surface area contributed by atoms with Crippen LogP contribution >= 0.6 is 0 Å². The highest BCUT2D eigenvalue weighted by Gasteiger charge is 2.17. The smallest absolute Gasteiger partial charge is 0.273 e. The molecule has 0 aliphatic rings.